The Hall–Kier alpha value is -1.29. The van der Waals surface area contributed by atoms with E-state index in [9.17, 15) is 4.79 Å². The summed E-state index contributed by atoms with van der Waals surface area (Å²) in [5.74, 6) is -0.104. The third kappa shape index (κ3) is 3.60. The molecule has 1 aromatic heterocycles. The van der Waals surface area contributed by atoms with Gasteiger partial charge < -0.3 is 9.30 Å². The SMILES string of the molecule is COC(=O)CCCN1CCCC[C@H]1c1cccn1C. The van der Waals surface area contributed by atoms with Crippen LogP contribution in [0.5, 0.6) is 0 Å². The number of ether oxygens (including phenoxy) is 1. The Morgan fingerprint density at radius 2 is 2.32 bits per heavy atom. The maximum absolute atomic E-state index is 11.2. The number of piperidine rings is 1. The Labute approximate surface area is 115 Å². The molecule has 0 amide bonds. The fraction of sp³-hybridized carbons (Fsp3) is 0.667. The Morgan fingerprint density at radius 3 is 3.00 bits per heavy atom. The largest absolute Gasteiger partial charge is 0.469 e. The van der Waals surface area contributed by atoms with Crippen LogP contribution < -0.4 is 0 Å². The molecule has 106 valence electrons. The predicted octanol–water partition coefficient (Wildman–Crippen LogP) is 2.51. The van der Waals surface area contributed by atoms with Crippen molar-refractivity contribution >= 4 is 5.97 Å². The molecular formula is C15H24N2O2. The van der Waals surface area contributed by atoms with Crippen molar-refractivity contribution in [1.82, 2.24) is 9.47 Å². The van der Waals surface area contributed by atoms with Crippen molar-refractivity contribution < 1.29 is 9.53 Å². The first-order valence-electron chi connectivity index (χ1n) is 7.14. The van der Waals surface area contributed by atoms with Crippen LogP contribution in [0.1, 0.15) is 43.8 Å². The van der Waals surface area contributed by atoms with Gasteiger partial charge in [-0.2, -0.15) is 0 Å². The summed E-state index contributed by atoms with van der Waals surface area (Å²) in [4.78, 5) is 13.7. The molecule has 2 rings (SSSR count). The minimum absolute atomic E-state index is 0.104. The zero-order chi connectivity index (χ0) is 13.7. The maximum atomic E-state index is 11.2. The predicted molar refractivity (Wildman–Crippen MR) is 74.8 cm³/mol. The molecule has 0 saturated carbocycles. The van der Waals surface area contributed by atoms with Crippen LogP contribution in [-0.2, 0) is 16.6 Å². The lowest BCUT2D eigenvalue weighted by Crippen LogP contribution is -2.35. The molecule has 0 aliphatic carbocycles. The number of carbonyl (C=O) groups is 1. The standard InChI is InChI=1S/C15H24N2O2/c1-16-10-5-8-13(16)14-7-3-4-11-17(14)12-6-9-15(18)19-2/h5,8,10,14H,3-4,6-7,9,11-12H2,1-2H3/t14-/m0/s1. The average molecular weight is 264 g/mol. The van der Waals surface area contributed by atoms with Gasteiger partial charge in [-0.05, 0) is 44.5 Å². The molecule has 0 N–H and O–H groups in total. The molecule has 0 bridgehead atoms. The second kappa shape index (κ2) is 6.75. The molecule has 1 saturated heterocycles. The lowest BCUT2D eigenvalue weighted by molar-refractivity contribution is -0.140. The average Bonchev–Trinajstić information content (AvgIpc) is 2.85. The number of aryl methyl sites for hydroxylation is 1. The number of hydrogen-bond acceptors (Lipinski definition) is 3. The zero-order valence-corrected chi connectivity index (χ0v) is 12.0. The lowest BCUT2D eigenvalue weighted by atomic mass is 9.99. The van der Waals surface area contributed by atoms with Gasteiger partial charge in [0.25, 0.3) is 0 Å². The minimum Gasteiger partial charge on any atom is -0.469 e. The smallest absolute Gasteiger partial charge is 0.305 e. The Bertz CT molecular complexity index is 414. The number of aromatic nitrogens is 1. The van der Waals surface area contributed by atoms with Gasteiger partial charge in [-0.3, -0.25) is 9.69 Å². The maximum Gasteiger partial charge on any atom is 0.305 e. The van der Waals surface area contributed by atoms with Gasteiger partial charge in [-0.25, -0.2) is 0 Å². The summed E-state index contributed by atoms with van der Waals surface area (Å²) in [7, 11) is 3.56. The Kier molecular flexibility index (Phi) is 5.02. The molecule has 0 unspecified atom stereocenters. The van der Waals surface area contributed by atoms with Crippen molar-refractivity contribution in [2.24, 2.45) is 7.05 Å². The van der Waals surface area contributed by atoms with Crippen molar-refractivity contribution in [3.05, 3.63) is 24.0 Å². The fourth-order valence-corrected chi connectivity index (χ4v) is 2.94. The van der Waals surface area contributed by atoms with E-state index in [4.69, 9.17) is 4.74 Å². The molecule has 2 heterocycles. The monoisotopic (exact) mass is 264 g/mol. The highest BCUT2D eigenvalue weighted by molar-refractivity contribution is 5.69. The van der Waals surface area contributed by atoms with E-state index in [1.165, 1.54) is 32.1 Å². The molecule has 1 aromatic rings. The van der Waals surface area contributed by atoms with Crippen molar-refractivity contribution in [1.29, 1.82) is 0 Å². The molecule has 4 nitrogen and oxygen atoms in total. The van der Waals surface area contributed by atoms with Gasteiger partial charge >= 0.3 is 5.97 Å². The van der Waals surface area contributed by atoms with Crippen molar-refractivity contribution in [2.45, 2.75) is 38.1 Å². The summed E-state index contributed by atoms with van der Waals surface area (Å²) < 4.78 is 6.91. The second-order valence-corrected chi connectivity index (χ2v) is 5.27. The normalized spacial score (nSPS) is 20.4. The van der Waals surface area contributed by atoms with E-state index in [0.29, 0.717) is 12.5 Å². The molecule has 0 aromatic carbocycles. The summed E-state index contributed by atoms with van der Waals surface area (Å²) in [5, 5.41) is 0. The van der Waals surface area contributed by atoms with Crippen LogP contribution in [0.15, 0.2) is 18.3 Å². The van der Waals surface area contributed by atoms with Gasteiger partial charge in [0, 0.05) is 31.4 Å². The van der Waals surface area contributed by atoms with Crippen LogP contribution >= 0.6 is 0 Å². The van der Waals surface area contributed by atoms with Crippen LogP contribution in [0.25, 0.3) is 0 Å². The summed E-state index contributed by atoms with van der Waals surface area (Å²) in [5.41, 5.74) is 1.39. The van der Waals surface area contributed by atoms with Crippen molar-refractivity contribution in [2.75, 3.05) is 20.2 Å². The van der Waals surface area contributed by atoms with Crippen LogP contribution in [0, 0.1) is 0 Å². The van der Waals surface area contributed by atoms with Crippen molar-refractivity contribution in [3.63, 3.8) is 0 Å². The Balaban J connectivity index is 1.93. The van der Waals surface area contributed by atoms with Crippen LogP contribution in [-0.4, -0.2) is 35.6 Å². The number of likely N-dealkylation sites (tertiary alicyclic amines) is 1. The van der Waals surface area contributed by atoms with E-state index < -0.39 is 0 Å². The third-order valence-corrected chi connectivity index (χ3v) is 3.99. The van der Waals surface area contributed by atoms with E-state index in [1.807, 2.05) is 0 Å². The van der Waals surface area contributed by atoms with E-state index in [1.54, 1.807) is 0 Å². The third-order valence-electron chi connectivity index (χ3n) is 3.99. The number of methoxy groups -OCH3 is 1. The zero-order valence-electron chi connectivity index (χ0n) is 12.0. The van der Waals surface area contributed by atoms with Gasteiger partial charge in [-0.15, -0.1) is 0 Å². The van der Waals surface area contributed by atoms with Gasteiger partial charge in [0.05, 0.1) is 7.11 Å². The number of nitrogens with zero attached hydrogens (tertiary/aromatic N) is 2. The van der Waals surface area contributed by atoms with Gasteiger partial charge in [0.2, 0.25) is 0 Å². The first-order valence-corrected chi connectivity index (χ1v) is 7.14. The molecule has 1 fully saturated rings. The van der Waals surface area contributed by atoms with E-state index in [-0.39, 0.29) is 5.97 Å². The van der Waals surface area contributed by atoms with Crippen LogP contribution in [0.2, 0.25) is 0 Å². The first-order chi connectivity index (χ1) is 9.22. The summed E-state index contributed by atoms with van der Waals surface area (Å²) in [6.45, 7) is 2.11. The summed E-state index contributed by atoms with van der Waals surface area (Å²) in [6.07, 6.45) is 7.29. The fourth-order valence-electron chi connectivity index (χ4n) is 2.94. The quantitative estimate of drug-likeness (QED) is 0.766. The summed E-state index contributed by atoms with van der Waals surface area (Å²) in [6, 6.07) is 4.83. The van der Waals surface area contributed by atoms with Gasteiger partial charge in [-0.1, -0.05) is 6.42 Å². The van der Waals surface area contributed by atoms with Gasteiger partial charge in [0.1, 0.15) is 0 Å². The highest BCUT2D eigenvalue weighted by Crippen LogP contribution is 2.30. The molecule has 4 heteroatoms. The minimum atomic E-state index is -0.104. The molecule has 1 atom stereocenters. The molecule has 1 aliphatic heterocycles. The number of hydrogen-bond donors (Lipinski definition) is 0. The number of carbonyl (C=O) groups excluding carboxylic acids is 1. The Morgan fingerprint density at radius 1 is 1.47 bits per heavy atom. The highest BCUT2D eigenvalue weighted by Gasteiger charge is 2.25. The first kappa shape index (κ1) is 14.1. The number of esters is 1. The second-order valence-electron chi connectivity index (χ2n) is 5.27. The summed E-state index contributed by atoms with van der Waals surface area (Å²) >= 11 is 0. The molecular weight excluding hydrogens is 240 g/mol. The van der Waals surface area contributed by atoms with E-state index in [2.05, 4.69) is 34.8 Å². The van der Waals surface area contributed by atoms with E-state index >= 15 is 0 Å². The molecule has 0 radical (unpaired) electrons. The molecule has 1 aliphatic rings. The molecule has 19 heavy (non-hydrogen) atoms. The van der Waals surface area contributed by atoms with Crippen LogP contribution in [0.4, 0.5) is 0 Å². The van der Waals surface area contributed by atoms with E-state index in [0.717, 1.165) is 19.5 Å². The van der Waals surface area contributed by atoms with Gasteiger partial charge in [0.15, 0.2) is 0 Å². The number of rotatable bonds is 5. The van der Waals surface area contributed by atoms with Crippen molar-refractivity contribution in [3.8, 4) is 0 Å². The topological polar surface area (TPSA) is 34.5 Å². The lowest BCUT2D eigenvalue weighted by Gasteiger charge is -2.36. The molecule has 0 spiro atoms. The highest BCUT2D eigenvalue weighted by atomic mass is 16.5. The van der Waals surface area contributed by atoms with Crippen LogP contribution in [0.3, 0.4) is 0 Å².